The number of fused-ring (bicyclic) bond motifs is 3. The van der Waals surface area contributed by atoms with Crippen molar-refractivity contribution in [2.75, 3.05) is 19.4 Å². The number of anilines is 2. The van der Waals surface area contributed by atoms with Crippen molar-refractivity contribution in [1.29, 1.82) is 0 Å². The number of nitrogens with zero attached hydrogens (tertiary/aromatic N) is 2. The third-order valence-corrected chi connectivity index (χ3v) is 6.43. The molecule has 3 N–H and O–H groups in total. The van der Waals surface area contributed by atoms with Crippen molar-refractivity contribution in [2.24, 2.45) is 0 Å². The summed E-state index contributed by atoms with van der Waals surface area (Å²) < 4.78 is 25.6. The van der Waals surface area contributed by atoms with E-state index >= 15 is 0 Å². The normalized spacial score (nSPS) is 12.0. The van der Waals surface area contributed by atoms with Crippen LogP contribution in [0.15, 0.2) is 59.5 Å². The topological polar surface area (TPSA) is 115 Å². The van der Waals surface area contributed by atoms with Gasteiger partial charge in [-0.15, -0.1) is 0 Å². The van der Waals surface area contributed by atoms with Gasteiger partial charge in [0.25, 0.3) is 0 Å². The first-order valence-electron chi connectivity index (χ1n) is 8.72. The van der Waals surface area contributed by atoms with Crippen molar-refractivity contribution in [3.05, 3.63) is 60.3 Å². The van der Waals surface area contributed by atoms with Crippen LogP contribution in [0.5, 0.6) is 0 Å². The molecule has 4 aromatic rings. The molecule has 4 rings (SSSR count). The highest BCUT2D eigenvalue weighted by Crippen LogP contribution is 2.31. The van der Waals surface area contributed by atoms with E-state index in [1.165, 1.54) is 32.3 Å². The number of para-hydroxylation sites is 1. The molecule has 0 fully saturated rings. The van der Waals surface area contributed by atoms with Gasteiger partial charge < -0.3 is 15.4 Å². The molecular formula is C20H18N4O4S. The van der Waals surface area contributed by atoms with Crippen LogP contribution in [0.2, 0.25) is 0 Å². The van der Waals surface area contributed by atoms with Crippen LogP contribution >= 0.6 is 0 Å². The number of aromatic carboxylic acids is 1. The van der Waals surface area contributed by atoms with E-state index in [0.717, 1.165) is 9.69 Å². The number of hydrogen-bond donors (Lipinski definition) is 3. The smallest absolute Gasteiger partial charge is 0.352 e. The summed E-state index contributed by atoms with van der Waals surface area (Å²) in [5.41, 5.74) is 2.06. The van der Waals surface area contributed by atoms with Gasteiger partial charge in [-0.3, -0.25) is 0 Å². The van der Waals surface area contributed by atoms with Gasteiger partial charge in [-0.1, -0.05) is 18.2 Å². The maximum atomic E-state index is 12.2. The Labute approximate surface area is 166 Å². The molecule has 0 amide bonds. The first kappa shape index (κ1) is 18.9. The summed E-state index contributed by atoms with van der Waals surface area (Å²) >= 11 is 0. The molecule has 0 saturated carbocycles. The molecule has 0 spiro atoms. The molecule has 0 aliphatic rings. The van der Waals surface area contributed by atoms with Gasteiger partial charge in [-0.2, -0.15) is 0 Å². The van der Waals surface area contributed by atoms with Crippen molar-refractivity contribution in [3.8, 4) is 0 Å². The predicted octanol–water partition coefficient (Wildman–Crippen LogP) is 3.41. The maximum absolute atomic E-state index is 12.2. The Balaban J connectivity index is 1.80. The lowest BCUT2D eigenvalue weighted by molar-refractivity contribution is 0.0691. The van der Waals surface area contributed by atoms with E-state index in [0.29, 0.717) is 27.9 Å². The summed E-state index contributed by atoms with van der Waals surface area (Å²) in [5, 5.41) is 14.0. The minimum atomic E-state index is -3.52. The Bertz CT molecular complexity index is 1340. The first-order valence-corrected chi connectivity index (χ1v) is 10.2. The summed E-state index contributed by atoms with van der Waals surface area (Å²) in [6.45, 7) is 0. The van der Waals surface area contributed by atoms with E-state index in [1.807, 2.05) is 24.3 Å². The molecule has 148 valence electrons. The number of pyridine rings is 1. The van der Waals surface area contributed by atoms with Crippen LogP contribution in [0.25, 0.3) is 21.8 Å². The average molecular weight is 410 g/mol. The van der Waals surface area contributed by atoms with E-state index in [2.05, 4.69) is 15.3 Å². The largest absolute Gasteiger partial charge is 0.477 e. The maximum Gasteiger partial charge on any atom is 0.352 e. The number of H-pyrrole nitrogens is 1. The molecule has 0 aliphatic heterocycles. The molecule has 0 atom stereocenters. The highest BCUT2D eigenvalue weighted by molar-refractivity contribution is 7.89. The number of carboxylic acid groups (broad SMARTS) is 1. The quantitative estimate of drug-likeness (QED) is 0.464. The lowest BCUT2D eigenvalue weighted by Crippen LogP contribution is -2.22. The summed E-state index contributed by atoms with van der Waals surface area (Å²) in [4.78, 5) is 19.2. The molecule has 0 saturated heterocycles. The zero-order chi connectivity index (χ0) is 20.8. The fraction of sp³-hybridized carbons (Fsp3) is 0.100. The number of benzene rings is 2. The number of aromatic amines is 1. The molecule has 8 nitrogen and oxygen atoms in total. The fourth-order valence-corrected chi connectivity index (χ4v) is 3.99. The monoisotopic (exact) mass is 410 g/mol. The van der Waals surface area contributed by atoms with Crippen LogP contribution in [0.3, 0.4) is 0 Å². The van der Waals surface area contributed by atoms with Gasteiger partial charge in [0.05, 0.1) is 15.9 Å². The number of nitrogens with one attached hydrogen (secondary N) is 2. The molecular weight excluding hydrogens is 392 g/mol. The molecule has 2 heterocycles. The number of hydrogen-bond acceptors (Lipinski definition) is 5. The second-order valence-electron chi connectivity index (χ2n) is 6.69. The van der Waals surface area contributed by atoms with E-state index in [1.54, 1.807) is 12.1 Å². The zero-order valence-electron chi connectivity index (χ0n) is 15.7. The number of carboxylic acids is 1. The van der Waals surface area contributed by atoms with E-state index < -0.39 is 16.0 Å². The van der Waals surface area contributed by atoms with Gasteiger partial charge in [0.2, 0.25) is 10.0 Å². The Kier molecular flexibility index (Phi) is 4.48. The fourth-order valence-electron chi connectivity index (χ4n) is 3.09. The highest BCUT2D eigenvalue weighted by Gasteiger charge is 2.18. The van der Waals surface area contributed by atoms with Crippen molar-refractivity contribution in [1.82, 2.24) is 14.3 Å². The van der Waals surface area contributed by atoms with Crippen molar-refractivity contribution in [2.45, 2.75) is 4.90 Å². The van der Waals surface area contributed by atoms with Gasteiger partial charge in [-0.05, 0) is 36.4 Å². The Morgan fingerprint density at radius 1 is 1.07 bits per heavy atom. The lowest BCUT2D eigenvalue weighted by Gasteiger charge is -2.13. The summed E-state index contributed by atoms with van der Waals surface area (Å²) in [7, 11) is -0.566. The molecule has 29 heavy (non-hydrogen) atoms. The highest BCUT2D eigenvalue weighted by atomic mass is 32.2. The van der Waals surface area contributed by atoms with Crippen molar-refractivity contribution >= 4 is 49.3 Å². The summed E-state index contributed by atoms with van der Waals surface area (Å²) in [6, 6.07) is 15.3. The van der Waals surface area contributed by atoms with Crippen LogP contribution in [0.4, 0.5) is 11.5 Å². The second-order valence-corrected chi connectivity index (χ2v) is 8.84. The second kappa shape index (κ2) is 6.87. The number of sulfonamides is 1. The van der Waals surface area contributed by atoms with Gasteiger partial charge in [0.1, 0.15) is 11.5 Å². The van der Waals surface area contributed by atoms with Crippen LogP contribution in [0.1, 0.15) is 10.5 Å². The van der Waals surface area contributed by atoms with Crippen LogP contribution < -0.4 is 5.32 Å². The minimum Gasteiger partial charge on any atom is -0.477 e. The van der Waals surface area contributed by atoms with E-state index in [-0.39, 0.29) is 10.6 Å². The molecule has 2 aromatic carbocycles. The number of carbonyl (C=O) groups is 1. The molecule has 0 radical (unpaired) electrons. The third-order valence-electron chi connectivity index (χ3n) is 4.60. The molecule has 9 heteroatoms. The Morgan fingerprint density at radius 3 is 2.41 bits per heavy atom. The van der Waals surface area contributed by atoms with E-state index in [9.17, 15) is 18.3 Å². The van der Waals surface area contributed by atoms with Crippen molar-refractivity contribution in [3.63, 3.8) is 0 Å². The Morgan fingerprint density at radius 2 is 1.76 bits per heavy atom. The van der Waals surface area contributed by atoms with Crippen molar-refractivity contribution < 1.29 is 18.3 Å². The first-order chi connectivity index (χ1) is 13.8. The minimum absolute atomic E-state index is 0.0635. The van der Waals surface area contributed by atoms with Gasteiger partial charge >= 0.3 is 5.97 Å². The van der Waals surface area contributed by atoms with Gasteiger partial charge in [-0.25, -0.2) is 22.5 Å². The molecule has 2 aromatic heterocycles. The standard InChI is InChI=1S/C20H18N4O4S/c1-24(2)29(27,28)13-9-7-12(8-10-13)21-19-15-11-17(20(25)26)22-18(15)14-5-3-4-6-16(14)23-19/h3-11,22H,1-2H3,(H,21,23)(H,25,26). The zero-order valence-corrected chi connectivity index (χ0v) is 16.5. The summed E-state index contributed by atoms with van der Waals surface area (Å²) in [6.07, 6.45) is 0. The summed E-state index contributed by atoms with van der Waals surface area (Å²) in [5.74, 6) is -0.583. The molecule has 0 unspecified atom stereocenters. The lowest BCUT2D eigenvalue weighted by atomic mass is 10.1. The third kappa shape index (κ3) is 3.30. The number of rotatable bonds is 5. The molecule has 0 aliphatic carbocycles. The van der Waals surface area contributed by atoms with Crippen LogP contribution in [-0.2, 0) is 10.0 Å². The SMILES string of the molecule is CN(C)S(=O)(=O)c1ccc(Nc2nc3ccccc3c3[nH]c(C(=O)O)cc23)cc1. The number of aromatic nitrogens is 2. The van der Waals surface area contributed by atoms with Gasteiger partial charge in [0, 0.05) is 30.6 Å². The van der Waals surface area contributed by atoms with E-state index in [4.69, 9.17) is 0 Å². The average Bonchev–Trinajstić information content (AvgIpc) is 3.15. The van der Waals surface area contributed by atoms with Gasteiger partial charge in [0.15, 0.2) is 0 Å². The predicted molar refractivity (Wildman–Crippen MR) is 111 cm³/mol. The molecule has 0 bridgehead atoms. The Hall–Kier alpha value is -3.43. The van der Waals surface area contributed by atoms with Crippen LogP contribution in [-0.4, -0.2) is 47.9 Å². The van der Waals surface area contributed by atoms with Crippen LogP contribution in [0, 0.1) is 0 Å².